The Labute approximate surface area is 294 Å². The standard InChI is InChI=1S/C47H26N4/c1-50-42-20-10-19-35(47(42)46-38-17-7-5-15-36(38)45(32-11-3-2-4-12-32)37-16-6-8-18-39(37)46)33-13-9-14-34(27-33)51-43-23-21-30(28-48)25-40(43)41-26-31(29-49)22-24-44(41)51/h2-27H. The van der Waals surface area contributed by atoms with Gasteiger partial charge in [-0.05, 0) is 103 Å². The predicted molar refractivity (Wildman–Crippen MR) is 208 cm³/mol. The summed E-state index contributed by atoms with van der Waals surface area (Å²) in [6, 6.07) is 57.9. The molecular formula is C47H26N4. The summed E-state index contributed by atoms with van der Waals surface area (Å²) in [5, 5.41) is 25.7. The molecule has 9 aromatic rings. The van der Waals surface area contributed by atoms with Crippen molar-refractivity contribution in [3.05, 3.63) is 180 Å². The van der Waals surface area contributed by atoms with Crippen molar-refractivity contribution in [3.8, 4) is 51.2 Å². The van der Waals surface area contributed by atoms with Crippen molar-refractivity contribution in [2.24, 2.45) is 0 Å². The van der Waals surface area contributed by atoms with Crippen LogP contribution in [0.5, 0.6) is 0 Å². The van der Waals surface area contributed by atoms with Crippen molar-refractivity contribution in [2.75, 3.05) is 0 Å². The van der Waals surface area contributed by atoms with Crippen LogP contribution in [-0.2, 0) is 0 Å². The first-order valence-corrected chi connectivity index (χ1v) is 16.7. The highest BCUT2D eigenvalue weighted by Crippen LogP contribution is 2.49. The maximum absolute atomic E-state index is 9.69. The van der Waals surface area contributed by atoms with Gasteiger partial charge < -0.3 is 4.57 Å². The Hall–Kier alpha value is -7.45. The minimum Gasteiger partial charge on any atom is -0.309 e. The summed E-state index contributed by atoms with van der Waals surface area (Å²) in [5.74, 6) is 0. The summed E-state index contributed by atoms with van der Waals surface area (Å²) in [6.45, 7) is 8.36. The lowest BCUT2D eigenvalue weighted by Gasteiger charge is -2.21. The van der Waals surface area contributed by atoms with Gasteiger partial charge in [-0.15, -0.1) is 0 Å². The van der Waals surface area contributed by atoms with Gasteiger partial charge in [0.1, 0.15) is 0 Å². The fraction of sp³-hybridized carbons (Fsp3) is 0. The van der Waals surface area contributed by atoms with E-state index in [2.05, 4.69) is 125 Å². The summed E-state index contributed by atoms with van der Waals surface area (Å²) in [6.07, 6.45) is 0. The third-order valence-corrected chi connectivity index (χ3v) is 9.85. The van der Waals surface area contributed by atoms with Crippen LogP contribution in [0.15, 0.2) is 158 Å². The lowest BCUT2D eigenvalue weighted by atomic mass is 9.83. The van der Waals surface area contributed by atoms with E-state index in [-0.39, 0.29) is 0 Å². The Morgan fingerprint density at radius 2 is 0.980 bits per heavy atom. The quantitative estimate of drug-likeness (QED) is 0.141. The summed E-state index contributed by atoms with van der Waals surface area (Å²) >= 11 is 0. The van der Waals surface area contributed by atoms with Crippen LogP contribution in [0.2, 0.25) is 0 Å². The maximum atomic E-state index is 9.69. The van der Waals surface area contributed by atoms with Crippen LogP contribution in [0.4, 0.5) is 5.69 Å². The Morgan fingerprint density at radius 3 is 1.55 bits per heavy atom. The second kappa shape index (κ2) is 11.9. The minimum atomic E-state index is 0.566. The zero-order chi connectivity index (χ0) is 34.5. The second-order valence-corrected chi connectivity index (χ2v) is 12.6. The molecule has 0 amide bonds. The molecule has 4 nitrogen and oxygen atoms in total. The van der Waals surface area contributed by atoms with Crippen LogP contribution < -0.4 is 0 Å². The Kier molecular flexibility index (Phi) is 6.93. The number of hydrogen-bond donors (Lipinski definition) is 0. The number of benzene rings is 8. The van der Waals surface area contributed by atoms with E-state index in [0.717, 1.165) is 76.9 Å². The van der Waals surface area contributed by atoms with Gasteiger partial charge in [-0.3, -0.25) is 0 Å². The first-order valence-electron chi connectivity index (χ1n) is 16.7. The molecule has 8 aromatic carbocycles. The van der Waals surface area contributed by atoms with Crippen molar-refractivity contribution >= 4 is 49.0 Å². The van der Waals surface area contributed by atoms with Crippen molar-refractivity contribution in [2.45, 2.75) is 0 Å². The maximum Gasteiger partial charge on any atom is 0.195 e. The average molecular weight is 647 g/mol. The van der Waals surface area contributed by atoms with Crippen LogP contribution in [0.3, 0.4) is 0 Å². The molecule has 0 saturated heterocycles. The average Bonchev–Trinajstić information content (AvgIpc) is 3.52. The van der Waals surface area contributed by atoms with Crippen LogP contribution in [0, 0.1) is 29.2 Å². The molecule has 0 fully saturated rings. The van der Waals surface area contributed by atoms with Gasteiger partial charge in [0, 0.05) is 16.5 Å². The number of nitriles is 2. The first kappa shape index (κ1) is 29.7. The summed E-state index contributed by atoms with van der Waals surface area (Å²) in [7, 11) is 0. The van der Waals surface area contributed by atoms with E-state index < -0.39 is 0 Å². The number of hydrogen-bond acceptors (Lipinski definition) is 2. The van der Waals surface area contributed by atoms with E-state index >= 15 is 0 Å². The summed E-state index contributed by atoms with van der Waals surface area (Å²) in [4.78, 5) is 4.11. The normalized spacial score (nSPS) is 11.1. The van der Waals surface area contributed by atoms with Crippen LogP contribution >= 0.6 is 0 Å². The molecule has 0 unspecified atom stereocenters. The Balaban J connectivity index is 1.34. The van der Waals surface area contributed by atoms with Gasteiger partial charge in [0.15, 0.2) is 5.69 Å². The Morgan fingerprint density at radius 1 is 0.451 bits per heavy atom. The topological polar surface area (TPSA) is 56.9 Å². The Bertz CT molecular complexity index is 2870. The van der Waals surface area contributed by atoms with Gasteiger partial charge in [0.25, 0.3) is 0 Å². The smallest absolute Gasteiger partial charge is 0.195 e. The SMILES string of the molecule is [C-]#[N+]c1cccc(-c2cccc(-n3c4ccc(C#N)cc4c4cc(C#N)ccc43)c2)c1-c1c2ccccc2c(-c2ccccc2)c2ccccc12. The fourth-order valence-electron chi connectivity index (χ4n) is 7.70. The number of fused-ring (bicyclic) bond motifs is 5. The summed E-state index contributed by atoms with van der Waals surface area (Å²) < 4.78 is 2.19. The molecule has 0 aliphatic carbocycles. The summed E-state index contributed by atoms with van der Waals surface area (Å²) in [5.41, 5.74) is 10.8. The number of nitrogens with zero attached hydrogens (tertiary/aromatic N) is 4. The molecule has 51 heavy (non-hydrogen) atoms. The van der Waals surface area contributed by atoms with Gasteiger partial charge in [0.2, 0.25) is 0 Å². The van der Waals surface area contributed by atoms with E-state index in [1.807, 2.05) is 54.6 Å². The molecule has 0 bridgehead atoms. The molecule has 0 radical (unpaired) electrons. The molecule has 0 atom stereocenters. The van der Waals surface area contributed by atoms with Crippen molar-refractivity contribution in [1.29, 1.82) is 10.5 Å². The van der Waals surface area contributed by atoms with Crippen LogP contribution in [0.25, 0.3) is 87.3 Å². The first-order chi connectivity index (χ1) is 25.2. The molecule has 0 N–H and O–H groups in total. The molecule has 4 heteroatoms. The van der Waals surface area contributed by atoms with E-state index in [4.69, 9.17) is 6.57 Å². The number of rotatable bonds is 4. The zero-order valence-corrected chi connectivity index (χ0v) is 27.3. The lowest BCUT2D eigenvalue weighted by molar-refractivity contribution is 1.18. The van der Waals surface area contributed by atoms with Gasteiger partial charge in [-0.2, -0.15) is 10.5 Å². The molecule has 0 aliphatic rings. The van der Waals surface area contributed by atoms with Crippen LogP contribution in [-0.4, -0.2) is 4.57 Å². The van der Waals surface area contributed by atoms with Gasteiger partial charge >= 0.3 is 0 Å². The lowest BCUT2D eigenvalue weighted by Crippen LogP contribution is -1.96. The fourth-order valence-corrected chi connectivity index (χ4v) is 7.70. The molecule has 234 valence electrons. The third kappa shape index (κ3) is 4.66. The highest BCUT2D eigenvalue weighted by atomic mass is 15.0. The van der Waals surface area contributed by atoms with E-state index in [0.29, 0.717) is 16.8 Å². The largest absolute Gasteiger partial charge is 0.309 e. The van der Waals surface area contributed by atoms with Crippen molar-refractivity contribution < 1.29 is 0 Å². The van der Waals surface area contributed by atoms with Gasteiger partial charge in [0.05, 0.1) is 40.9 Å². The van der Waals surface area contributed by atoms with E-state index in [9.17, 15) is 10.5 Å². The van der Waals surface area contributed by atoms with E-state index in [1.54, 1.807) is 0 Å². The van der Waals surface area contributed by atoms with Gasteiger partial charge in [-0.25, -0.2) is 4.85 Å². The molecule has 0 aliphatic heterocycles. The van der Waals surface area contributed by atoms with E-state index in [1.165, 1.54) is 5.56 Å². The molecule has 1 heterocycles. The number of aromatic nitrogens is 1. The van der Waals surface area contributed by atoms with Gasteiger partial charge in [-0.1, -0.05) is 109 Å². The highest BCUT2D eigenvalue weighted by molar-refractivity contribution is 6.23. The monoisotopic (exact) mass is 646 g/mol. The molecule has 1 aromatic heterocycles. The molecule has 9 rings (SSSR count). The molecular weight excluding hydrogens is 621 g/mol. The highest BCUT2D eigenvalue weighted by Gasteiger charge is 2.22. The minimum absolute atomic E-state index is 0.566. The molecule has 0 spiro atoms. The zero-order valence-electron chi connectivity index (χ0n) is 27.3. The van der Waals surface area contributed by atoms with Crippen molar-refractivity contribution in [1.82, 2.24) is 4.57 Å². The predicted octanol–water partition coefficient (Wildman–Crippen LogP) is 12.4. The second-order valence-electron chi connectivity index (χ2n) is 12.6. The molecule has 0 saturated carbocycles. The third-order valence-electron chi connectivity index (χ3n) is 9.85. The van der Waals surface area contributed by atoms with Crippen LogP contribution in [0.1, 0.15) is 11.1 Å². The van der Waals surface area contributed by atoms with Crippen molar-refractivity contribution in [3.63, 3.8) is 0 Å².